The number of carbonyl (C=O) groups excluding carboxylic acids is 1. The molecule has 2 heterocycles. The fourth-order valence-corrected chi connectivity index (χ4v) is 6.10. The summed E-state index contributed by atoms with van der Waals surface area (Å²) >= 11 is 0. The summed E-state index contributed by atoms with van der Waals surface area (Å²) in [5.41, 5.74) is 5.87. The predicted molar refractivity (Wildman–Crippen MR) is 119 cm³/mol. The fourth-order valence-electron chi connectivity index (χ4n) is 5.09. The number of rotatable bonds is 3. The molecule has 0 saturated carbocycles. The third kappa shape index (κ3) is 3.74. The summed E-state index contributed by atoms with van der Waals surface area (Å²) in [6.45, 7) is 3.31. The molecule has 1 aromatic heterocycles. The van der Waals surface area contributed by atoms with Crippen molar-refractivity contribution < 1.29 is 13.7 Å². The fraction of sp³-hybridized carbons (Fsp3) is 0.545. The van der Waals surface area contributed by atoms with E-state index < -0.39 is 15.9 Å². The maximum Gasteiger partial charge on any atom is 0.354 e. The van der Waals surface area contributed by atoms with E-state index in [2.05, 4.69) is 27.8 Å². The van der Waals surface area contributed by atoms with Gasteiger partial charge < -0.3 is 10.1 Å². The van der Waals surface area contributed by atoms with Gasteiger partial charge in [0.25, 0.3) is 0 Å². The minimum Gasteiger partial charge on any atom is -0.477 e. The SMILES string of the molecule is CC[C@H]1CCOc2c(S(N)(=O)=NC(=O)Nc3c4c(cc5c3CCC5)CCC4)cnn2C1. The quantitative estimate of drug-likeness (QED) is 0.755. The lowest BCUT2D eigenvalue weighted by atomic mass is 9.99. The third-order valence-electron chi connectivity index (χ3n) is 6.77. The van der Waals surface area contributed by atoms with E-state index in [1.54, 1.807) is 4.68 Å². The van der Waals surface area contributed by atoms with E-state index in [1.165, 1.54) is 28.5 Å². The van der Waals surface area contributed by atoms with Crippen molar-refractivity contribution in [2.24, 2.45) is 15.4 Å². The van der Waals surface area contributed by atoms with Crippen LogP contribution in [0.5, 0.6) is 5.88 Å². The van der Waals surface area contributed by atoms with E-state index in [1.807, 2.05) is 0 Å². The summed E-state index contributed by atoms with van der Waals surface area (Å²) in [5, 5.41) is 13.3. The molecule has 1 aromatic carbocycles. The first-order valence-corrected chi connectivity index (χ1v) is 12.7. The Kier molecular flexibility index (Phi) is 5.26. The molecule has 1 unspecified atom stereocenters. The van der Waals surface area contributed by atoms with Gasteiger partial charge in [0.05, 0.1) is 12.8 Å². The van der Waals surface area contributed by atoms with Crippen LogP contribution in [0.25, 0.3) is 0 Å². The smallest absolute Gasteiger partial charge is 0.354 e. The van der Waals surface area contributed by atoms with E-state index in [4.69, 9.17) is 9.88 Å². The van der Waals surface area contributed by atoms with Crippen molar-refractivity contribution in [3.8, 4) is 5.88 Å². The van der Waals surface area contributed by atoms with Crippen LogP contribution < -0.4 is 15.2 Å². The second-order valence-corrected chi connectivity index (χ2v) is 10.5. The second kappa shape index (κ2) is 7.94. The van der Waals surface area contributed by atoms with Crippen molar-refractivity contribution in [2.75, 3.05) is 11.9 Å². The van der Waals surface area contributed by atoms with E-state index in [0.29, 0.717) is 24.9 Å². The van der Waals surface area contributed by atoms with Gasteiger partial charge in [-0.05, 0) is 73.1 Å². The summed E-state index contributed by atoms with van der Waals surface area (Å²) in [7, 11) is -3.49. The minimum atomic E-state index is -3.49. The monoisotopic (exact) mass is 443 g/mol. The number of nitrogens with two attached hydrogens (primary N) is 1. The number of hydrogen-bond donors (Lipinski definition) is 2. The number of fused-ring (bicyclic) bond motifs is 3. The van der Waals surface area contributed by atoms with Crippen molar-refractivity contribution in [3.63, 3.8) is 0 Å². The highest BCUT2D eigenvalue weighted by Gasteiger charge is 2.27. The van der Waals surface area contributed by atoms with Gasteiger partial charge in [-0.1, -0.05) is 19.4 Å². The van der Waals surface area contributed by atoms with Crippen LogP contribution in [0.3, 0.4) is 0 Å². The Morgan fingerprint density at radius 3 is 2.68 bits per heavy atom. The average molecular weight is 444 g/mol. The van der Waals surface area contributed by atoms with Gasteiger partial charge in [-0.15, -0.1) is 4.36 Å². The zero-order valence-electron chi connectivity index (χ0n) is 17.9. The van der Waals surface area contributed by atoms with Gasteiger partial charge in [0.15, 0.2) is 9.92 Å². The molecule has 0 saturated heterocycles. The molecule has 0 radical (unpaired) electrons. The summed E-state index contributed by atoms with van der Waals surface area (Å²) < 4.78 is 24.7. The van der Waals surface area contributed by atoms with Crippen molar-refractivity contribution in [3.05, 3.63) is 34.5 Å². The lowest BCUT2D eigenvalue weighted by Crippen LogP contribution is -2.19. The predicted octanol–water partition coefficient (Wildman–Crippen LogP) is 3.60. The average Bonchev–Trinajstić information content (AvgIpc) is 3.44. The zero-order valence-corrected chi connectivity index (χ0v) is 18.7. The topological polar surface area (TPSA) is 112 Å². The number of benzene rings is 1. The molecule has 2 aliphatic carbocycles. The number of aromatic nitrogens is 2. The van der Waals surface area contributed by atoms with E-state index >= 15 is 0 Å². The molecule has 2 aromatic rings. The van der Waals surface area contributed by atoms with Crippen LogP contribution in [-0.2, 0) is 42.1 Å². The third-order valence-corrected chi connectivity index (χ3v) is 8.12. The number of urea groups is 1. The number of ether oxygens (including phenoxy) is 1. The van der Waals surface area contributed by atoms with Gasteiger partial charge in [0.1, 0.15) is 4.90 Å². The second-order valence-electron chi connectivity index (χ2n) is 8.73. The number of amides is 2. The van der Waals surface area contributed by atoms with Crippen LogP contribution in [0.2, 0.25) is 0 Å². The standard InChI is InChI=1S/C22H29N5O3S/c1-2-14-9-10-30-21-19(12-24-27(21)13-14)31(23,29)26-22(28)25-20-17-7-3-5-15(17)11-16-6-4-8-18(16)20/h11-12,14H,2-10,13H2,1H3,(H3,23,25,26,28,29)/t14-,31?/m0/s1. The Labute approximate surface area is 182 Å². The molecule has 0 fully saturated rings. The molecule has 0 bridgehead atoms. The molecule has 8 nitrogen and oxygen atoms in total. The highest BCUT2D eigenvalue weighted by molar-refractivity contribution is 7.91. The zero-order chi connectivity index (χ0) is 21.6. The Balaban J connectivity index is 1.45. The number of nitrogens with one attached hydrogen (secondary N) is 1. The lowest BCUT2D eigenvalue weighted by molar-refractivity contribution is 0.260. The first-order valence-electron chi connectivity index (χ1n) is 11.2. The van der Waals surface area contributed by atoms with E-state index in [0.717, 1.165) is 57.1 Å². The summed E-state index contributed by atoms with van der Waals surface area (Å²) in [4.78, 5) is 13.0. The van der Waals surface area contributed by atoms with Gasteiger partial charge in [-0.2, -0.15) is 5.10 Å². The van der Waals surface area contributed by atoms with Gasteiger partial charge in [0, 0.05) is 12.2 Å². The summed E-state index contributed by atoms with van der Waals surface area (Å²) in [6, 6.07) is 1.62. The molecule has 5 rings (SSSR count). The van der Waals surface area contributed by atoms with E-state index in [9.17, 15) is 9.00 Å². The molecule has 3 N–H and O–H groups in total. The highest BCUT2D eigenvalue weighted by Crippen LogP contribution is 2.38. The number of aryl methyl sites for hydroxylation is 2. The lowest BCUT2D eigenvalue weighted by Gasteiger charge is -2.15. The number of hydrogen-bond acceptors (Lipinski definition) is 4. The summed E-state index contributed by atoms with van der Waals surface area (Å²) in [6.07, 6.45) is 9.46. The maximum absolute atomic E-state index is 13.3. The van der Waals surface area contributed by atoms with Crippen molar-refractivity contribution in [1.82, 2.24) is 9.78 Å². The first kappa shape index (κ1) is 20.5. The van der Waals surface area contributed by atoms with Crippen LogP contribution in [0, 0.1) is 5.92 Å². The van der Waals surface area contributed by atoms with Gasteiger partial charge in [-0.3, -0.25) is 0 Å². The van der Waals surface area contributed by atoms with Gasteiger partial charge in [-0.25, -0.2) is 18.8 Å². The molecular weight excluding hydrogens is 414 g/mol. The van der Waals surface area contributed by atoms with Crippen molar-refractivity contribution >= 4 is 21.6 Å². The Hall–Kier alpha value is -2.39. The molecular formula is C22H29N5O3S. The molecule has 0 spiro atoms. The Morgan fingerprint density at radius 1 is 1.29 bits per heavy atom. The van der Waals surface area contributed by atoms with Crippen LogP contribution >= 0.6 is 0 Å². The van der Waals surface area contributed by atoms with E-state index in [-0.39, 0.29) is 4.90 Å². The molecule has 2 atom stereocenters. The van der Waals surface area contributed by atoms with Crippen LogP contribution in [0.4, 0.5) is 10.5 Å². The number of anilines is 1. The molecule has 31 heavy (non-hydrogen) atoms. The normalized spacial score (nSPS) is 21.3. The molecule has 1 aliphatic heterocycles. The first-order chi connectivity index (χ1) is 15.0. The van der Waals surface area contributed by atoms with Crippen LogP contribution in [0.1, 0.15) is 54.9 Å². The largest absolute Gasteiger partial charge is 0.477 e. The van der Waals surface area contributed by atoms with Gasteiger partial charge in [0.2, 0.25) is 5.88 Å². The molecule has 3 aliphatic rings. The number of carbonyl (C=O) groups is 1. The summed E-state index contributed by atoms with van der Waals surface area (Å²) in [5.74, 6) is 0.798. The minimum absolute atomic E-state index is 0.183. The van der Waals surface area contributed by atoms with Crippen LogP contribution in [-0.4, -0.2) is 26.6 Å². The maximum atomic E-state index is 13.3. The molecule has 166 valence electrons. The number of nitrogens with zero attached hydrogens (tertiary/aromatic N) is 3. The van der Waals surface area contributed by atoms with Crippen molar-refractivity contribution in [1.29, 1.82) is 0 Å². The molecule has 2 amide bonds. The van der Waals surface area contributed by atoms with Crippen LogP contribution in [0.15, 0.2) is 21.5 Å². The Bertz CT molecular complexity index is 1130. The van der Waals surface area contributed by atoms with Crippen molar-refractivity contribution in [2.45, 2.75) is 69.7 Å². The van der Waals surface area contributed by atoms with Gasteiger partial charge >= 0.3 is 6.03 Å². The Morgan fingerprint density at radius 2 is 2.00 bits per heavy atom. The highest BCUT2D eigenvalue weighted by atomic mass is 32.2. The molecule has 9 heteroatoms.